The smallest absolute Gasteiger partial charge is 0.222 e. The number of piperidine rings is 1. The van der Waals surface area contributed by atoms with E-state index in [2.05, 4.69) is 60.4 Å². The lowest BCUT2D eigenvalue weighted by Crippen LogP contribution is -2.39. The molecule has 1 heterocycles. The van der Waals surface area contributed by atoms with Crippen LogP contribution in [0.2, 0.25) is 0 Å². The topological polar surface area (TPSA) is 46.3 Å². The Kier molecular flexibility index (Phi) is 6.45. The van der Waals surface area contributed by atoms with Crippen LogP contribution in [0.5, 0.6) is 0 Å². The number of carbonyl (C=O) groups is 1. The molecule has 3 rings (SSSR count). The van der Waals surface area contributed by atoms with Gasteiger partial charge in [0.2, 0.25) is 5.91 Å². The van der Waals surface area contributed by atoms with Crippen molar-refractivity contribution in [1.29, 1.82) is 0 Å². The van der Waals surface area contributed by atoms with Gasteiger partial charge in [-0.3, -0.25) is 4.79 Å². The van der Waals surface area contributed by atoms with Gasteiger partial charge in [0.25, 0.3) is 0 Å². The summed E-state index contributed by atoms with van der Waals surface area (Å²) in [5.74, 6) is 0.993. The zero-order valence-corrected chi connectivity index (χ0v) is 15.8. The van der Waals surface area contributed by atoms with Gasteiger partial charge in [-0.2, -0.15) is 0 Å². The molecule has 1 aliphatic rings. The first-order chi connectivity index (χ1) is 12.6. The van der Waals surface area contributed by atoms with E-state index in [0.717, 1.165) is 44.3 Å². The number of nitrogens with zero attached hydrogens (tertiary/aromatic N) is 1. The highest BCUT2D eigenvalue weighted by Crippen LogP contribution is 2.22. The molecule has 0 aliphatic carbocycles. The highest BCUT2D eigenvalue weighted by Gasteiger charge is 2.22. The second-order valence-electron chi connectivity index (χ2n) is 7.53. The van der Waals surface area contributed by atoms with Crippen LogP contribution in [-0.2, 0) is 24.2 Å². The summed E-state index contributed by atoms with van der Waals surface area (Å²) >= 11 is 0. The van der Waals surface area contributed by atoms with E-state index in [1.54, 1.807) is 0 Å². The molecule has 2 N–H and O–H groups in total. The van der Waals surface area contributed by atoms with E-state index in [1.807, 2.05) is 0 Å². The fourth-order valence-corrected chi connectivity index (χ4v) is 3.70. The molecule has 0 radical (unpaired) electrons. The highest BCUT2D eigenvalue weighted by molar-refractivity contribution is 5.76. The van der Waals surface area contributed by atoms with Gasteiger partial charge in [-0.15, -0.1) is 0 Å². The first-order valence-electron chi connectivity index (χ1n) is 9.75. The Morgan fingerprint density at radius 1 is 0.962 bits per heavy atom. The summed E-state index contributed by atoms with van der Waals surface area (Å²) in [4.78, 5) is 14.6. The Hall–Kier alpha value is -2.13. The molecule has 1 fully saturated rings. The number of hydrogen-bond donors (Lipinski definition) is 1. The van der Waals surface area contributed by atoms with E-state index >= 15 is 0 Å². The molecule has 0 aromatic heterocycles. The Morgan fingerprint density at radius 2 is 1.54 bits per heavy atom. The summed E-state index contributed by atoms with van der Waals surface area (Å²) < 4.78 is 0. The SMILES string of the molecule is Cc1ccc(CC2CCN(C(=O)CCc3ccc(CN)cc3)CC2)cc1. The minimum Gasteiger partial charge on any atom is -0.343 e. The number of benzene rings is 2. The minimum atomic E-state index is 0.293. The fraction of sp³-hybridized carbons (Fsp3) is 0.435. The third kappa shape index (κ3) is 5.18. The summed E-state index contributed by atoms with van der Waals surface area (Å²) in [6, 6.07) is 17.1. The van der Waals surface area contributed by atoms with Crippen LogP contribution in [0.4, 0.5) is 0 Å². The van der Waals surface area contributed by atoms with Crippen molar-refractivity contribution in [3.05, 3.63) is 70.8 Å². The Morgan fingerprint density at radius 3 is 2.15 bits per heavy atom. The molecular formula is C23H30N2O. The number of likely N-dealkylation sites (tertiary alicyclic amines) is 1. The summed E-state index contributed by atoms with van der Waals surface area (Å²) in [6.45, 7) is 4.50. The van der Waals surface area contributed by atoms with Crippen LogP contribution in [-0.4, -0.2) is 23.9 Å². The van der Waals surface area contributed by atoms with E-state index < -0.39 is 0 Å². The van der Waals surface area contributed by atoms with Crippen molar-refractivity contribution in [3.8, 4) is 0 Å². The van der Waals surface area contributed by atoms with Gasteiger partial charge < -0.3 is 10.6 Å². The molecule has 0 atom stereocenters. The van der Waals surface area contributed by atoms with Crippen molar-refractivity contribution < 1.29 is 4.79 Å². The summed E-state index contributed by atoms with van der Waals surface area (Å²) in [5.41, 5.74) is 10.7. The highest BCUT2D eigenvalue weighted by atomic mass is 16.2. The van der Waals surface area contributed by atoms with E-state index in [0.29, 0.717) is 24.8 Å². The quantitative estimate of drug-likeness (QED) is 0.860. The van der Waals surface area contributed by atoms with Crippen molar-refractivity contribution in [3.63, 3.8) is 0 Å². The molecule has 0 unspecified atom stereocenters. The van der Waals surface area contributed by atoms with E-state index in [-0.39, 0.29) is 0 Å². The molecule has 26 heavy (non-hydrogen) atoms. The van der Waals surface area contributed by atoms with Gasteiger partial charge in [-0.1, -0.05) is 54.1 Å². The first-order valence-corrected chi connectivity index (χ1v) is 9.75. The predicted octanol–water partition coefficient (Wildman–Crippen LogP) is 3.87. The second-order valence-corrected chi connectivity index (χ2v) is 7.53. The number of hydrogen-bond acceptors (Lipinski definition) is 2. The summed E-state index contributed by atoms with van der Waals surface area (Å²) in [7, 11) is 0. The maximum Gasteiger partial charge on any atom is 0.222 e. The maximum atomic E-state index is 12.5. The lowest BCUT2D eigenvalue weighted by Gasteiger charge is -2.32. The van der Waals surface area contributed by atoms with E-state index in [4.69, 9.17) is 5.73 Å². The molecule has 0 saturated carbocycles. The molecule has 0 bridgehead atoms. The van der Waals surface area contributed by atoms with Gasteiger partial charge in [0, 0.05) is 26.1 Å². The predicted molar refractivity (Wildman–Crippen MR) is 107 cm³/mol. The van der Waals surface area contributed by atoms with Crippen LogP contribution in [0, 0.1) is 12.8 Å². The van der Waals surface area contributed by atoms with Crippen LogP contribution in [0.3, 0.4) is 0 Å². The van der Waals surface area contributed by atoms with Crippen LogP contribution < -0.4 is 5.73 Å². The molecule has 138 valence electrons. The first kappa shape index (κ1) is 18.7. The van der Waals surface area contributed by atoms with Crippen molar-refractivity contribution in [2.45, 2.75) is 45.6 Å². The Balaban J connectivity index is 1.42. The lowest BCUT2D eigenvalue weighted by molar-refractivity contribution is -0.132. The van der Waals surface area contributed by atoms with Crippen LogP contribution in [0.15, 0.2) is 48.5 Å². The second kappa shape index (κ2) is 9.00. The van der Waals surface area contributed by atoms with Crippen molar-refractivity contribution in [1.82, 2.24) is 4.90 Å². The van der Waals surface area contributed by atoms with Crippen LogP contribution >= 0.6 is 0 Å². The van der Waals surface area contributed by atoms with Gasteiger partial charge in [-0.05, 0) is 55.2 Å². The number of nitrogens with two attached hydrogens (primary N) is 1. The third-order valence-corrected chi connectivity index (χ3v) is 5.50. The molecule has 2 aromatic rings. The Labute approximate surface area is 157 Å². The molecule has 1 amide bonds. The molecule has 3 heteroatoms. The summed E-state index contributed by atoms with van der Waals surface area (Å²) in [6.07, 6.45) is 4.78. The Bertz CT molecular complexity index is 698. The number of amides is 1. The number of aryl methyl sites for hydroxylation is 2. The average molecular weight is 351 g/mol. The van der Waals surface area contributed by atoms with Crippen molar-refractivity contribution in [2.24, 2.45) is 11.7 Å². The lowest BCUT2D eigenvalue weighted by atomic mass is 9.90. The van der Waals surface area contributed by atoms with Gasteiger partial charge in [0.15, 0.2) is 0 Å². The van der Waals surface area contributed by atoms with Crippen molar-refractivity contribution >= 4 is 5.91 Å². The number of rotatable bonds is 6. The number of carbonyl (C=O) groups excluding carboxylic acids is 1. The summed E-state index contributed by atoms with van der Waals surface area (Å²) in [5, 5.41) is 0. The van der Waals surface area contributed by atoms with E-state index in [1.165, 1.54) is 16.7 Å². The molecule has 2 aromatic carbocycles. The van der Waals surface area contributed by atoms with Gasteiger partial charge >= 0.3 is 0 Å². The molecule has 1 saturated heterocycles. The molecule has 3 nitrogen and oxygen atoms in total. The normalized spacial score (nSPS) is 15.2. The largest absolute Gasteiger partial charge is 0.343 e. The molecular weight excluding hydrogens is 320 g/mol. The van der Waals surface area contributed by atoms with Crippen LogP contribution in [0.1, 0.15) is 41.5 Å². The van der Waals surface area contributed by atoms with Crippen LogP contribution in [0.25, 0.3) is 0 Å². The zero-order valence-electron chi connectivity index (χ0n) is 15.8. The maximum absolute atomic E-state index is 12.5. The van der Waals surface area contributed by atoms with Crippen molar-refractivity contribution in [2.75, 3.05) is 13.1 Å². The average Bonchev–Trinajstić information content (AvgIpc) is 2.69. The van der Waals surface area contributed by atoms with E-state index in [9.17, 15) is 4.79 Å². The molecule has 0 spiro atoms. The van der Waals surface area contributed by atoms with Gasteiger partial charge in [-0.25, -0.2) is 0 Å². The fourth-order valence-electron chi connectivity index (χ4n) is 3.70. The standard InChI is InChI=1S/C23H30N2O/c1-18-2-4-20(5-3-18)16-21-12-14-25(15-13-21)23(26)11-10-19-6-8-22(17-24)9-7-19/h2-9,21H,10-17,24H2,1H3. The zero-order chi connectivity index (χ0) is 18.4. The minimum absolute atomic E-state index is 0.293. The third-order valence-electron chi connectivity index (χ3n) is 5.50. The van der Waals surface area contributed by atoms with Gasteiger partial charge in [0.1, 0.15) is 0 Å². The molecule has 1 aliphatic heterocycles. The van der Waals surface area contributed by atoms with Gasteiger partial charge in [0.05, 0.1) is 0 Å². The monoisotopic (exact) mass is 350 g/mol.